The van der Waals surface area contributed by atoms with Crippen molar-refractivity contribution in [3.63, 3.8) is 0 Å². The van der Waals surface area contributed by atoms with E-state index in [0.29, 0.717) is 13.0 Å². The van der Waals surface area contributed by atoms with Crippen LogP contribution in [0.5, 0.6) is 11.5 Å². The average Bonchev–Trinajstić information content (AvgIpc) is 2.90. The molecule has 4 heteroatoms. The van der Waals surface area contributed by atoms with Crippen LogP contribution in [0.1, 0.15) is 42.4 Å². The van der Waals surface area contributed by atoms with Crippen molar-refractivity contribution >= 4 is 11.1 Å². The lowest BCUT2D eigenvalue weighted by Gasteiger charge is -2.26. The first-order chi connectivity index (χ1) is 16.8. The van der Waals surface area contributed by atoms with Crippen LogP contribution < -0.4 is 9.47 Å². The smallest absolute Gasteiger partial charge is 0.126 e. The minimum Gasteiger partial charge on any atom is -0.496 e. The van der Waals surface area contributed by atoms with Crippen molar-refractivity contribution in [2.45, 2.75) is 25.7 Å². The van der Waals surface area contributed by atoms with Gasteiger partial charge < -0.3 is 14.6 Å². The molecule has 0 radical (unpaired) electrons. The highest BCUT2D eigenvalue weighted by Gasteiger charge is 2.17. The summed E-state index contributed by atoms with van der Waals surface area (Å²) in [5, 5.41) is 9.95. The number of hydrogen-bond donors (Lipinski definition) is 1. The van der Waals surface area contributed by atoms with E-state index in [1.54, 1.807) is 7.11 Å². The number of aliphatic hydroxyl groups is 1. The third kappa shape index (κ3) is 6.07. The number of nitrogens with zero attached hydrogens (tertiary/aromatic N) is 1. The predicted octanol–water partition coefficient (Wildman–Crippen LogP) is 5.90. The van der Waals surface area contributed by atoms with Gasteiger partial charge in [-0.3, -0.25) is 4.90 Å². The molecule has 0 spiro atoms. The van der Waals surface area contributed by atoms with E-state index in [-0.39, 0.29) is 6.61 Å². The summed E-state index contributed by atoms with van der Waals surface area (Å²) in [6, 6.07) is 26.7. The molecule has 178 valence electrons. The summed E-state index contributed by atoms with van der Waals surface area (Å²) in [7, 11) is 1.69. The maximum Gasteiger partial charge on any atom is 0.126 e. The van der Waals surface area contributed by atoms with Crippen molar-refractivity contribution in [1.82, 2.24) is 4.90 Å². The molecule has 0 aliphatic carbocycles. The molecule has 1 heterocycles. The summed E-state index contributed by atoms with van der Waals surface area (Å²) in [5.41, 5.74) is 5.35. The molecule has 1 aliphatic rings. The van der Waals surface area contributed by atoms with E-state index in [1.807, 2.05) is 48.5 Å². The molecule has 1 N–H and O–H groups in total. The molecular formula is C30H35NO3. The molecule has 1 fully saturated rings. The molecule has 0 saturated carbocycles. The van der Waals surface area contributed by atoms with Crippen molar-refractivity contribution in [2.75, 3.05) is 40.0 Å². The van der Waals surface area contributed by atoms with Gasteiger partial charge in [0.25, 0.3) is 0 Å². The molecule has 0 bridgehead atoms. The van der Waals surface area contributed by atoms with Crippen molar-refractivity contribution in [3.05, 3.63) is 95.6 Å². The first-order valence-corrected chi connectivity index (χ1v) is 12.3. The lowest BCUT2D eigenvalue weighted by atomic mass is 9.87. The number of methoxy groups -OCH3 is 1. The van der Waals surface area contributed by atoms with Gasteiger partial charge in [-0.25, -0.2) is 0 Å². The van der Waals surface area contributed by atoms with Crippen molar-refractivity contribution in [1.29, 1.82) is 0 Å². The quantitative estimate of drug-likeness (QED) is 0.385. The lowest BCUT2D eigenvalue weighted by Crippen LogP contribution is -2.33. The molecule has 34 heavy (non-hydrogen) atoms. The fraction of sp³-hybridized carbons (Fsp3) is 0.333. The van der Waals surface area contributed by atoms with E-state index in [2.05, 4.69) is 35.2 Å². The largest absolute Gasteiger partial charge is 0.496 e. The number of benzene rings is 3. The second-order valence-corrected chi connectivity index (χ2v) is 8.67. The van der Waals surface area contributed by atoms with Gasteiger partial charge in [-0.2, -0.15) is 0 Å². The highest BCUT2D eigenvalue weighted by atomic mass is 16.5. The SMILES string of the molecule is COc1ccccc1/C(CCO)=C(/c1ccccc1)c1ccc(OCCN2CCCCC2)cc1. The van der Waals surface area contributed by atoms with E-state index in [9.17, 15) is 5.11 Å². The Morgan fingerprint density at radius 1 is 0.824 bits per heavy atom. The van der Waals surface area contributed by atoms with E-state index in [0.717, 1.165) is 45.9 Å². The van der Waals surface area contributed by atoms with Crippen molar-refractivity contribution < 1.29 is 14.6 Å². The number of ether oxygens (including phenoxy) is 2. The Kier molecular flexibility index (Phi) is 8.78. The molecule has 0 atom stereocenters. The summed E-state index contributed by atoms with van der Waals surface area (Å²) < 4.78 is 11.7. The maximum absolute atomic E-state index is 9.95. The van der Waals surface area contributed by atoms with Crippen LogP contribution in [0.2, 0.25) is 0 Å². The van der Waals surface area contributed by atoms with E-state index >= 15 is 0 Å². The summed E-state index contributed by atoms with van der Waals surface area (Å²) >= 11 is 0. The van der Waals surface area contributed by atoms with Gasteiger partial charge in [-0.15, -0.1) is 0 Å². The lowest BCUT2D eigenvalue weighted by molar-refractivity contribution is 0.183. The summed E-state index contributed by atoms with van der Waals surface area (Å²) in [5.74, 6) is 1.69. The van der Waals surface area contributed by atoms with Gasteiger partial charge in [-0.1, -0.05) is 67.1 Å². The molecular weight excluding hydrogens is 422 g/mol. The second kappa shape index (κ2) is 12.4. The minimum absolute atomic E-state index is 0.0570. The van der Waals surface area contributed by atoms with Gasteiger partial charge in [0.2, 0.25) is 0 Å². The number of likely N-dealkylation sites (tertiary alicyclic amines) is 1. The Labute approximate surface area is 203 Å². The zero-order valence-electron chi connectivity index (χ0n) is 20.1. The first kappa shape index (κ1) is 24.1. The first-order valence-electron chi connectivity index (χ1n) is 12.3. The Morgan fingerprint density at radius 2 is 1.50 bits per heavy atom. The Hall–Kier alpha value is -3.08. The monoisotopic (exact) mass is 457 g/mol. The topological polar surface area (TPSA) is 41.9 Å². The molecule has 3 aromatic carbocycles. The van der Waals surface area contributed by atoms with Crippen LogP contribution in [-0.2, 0) is 0 Å². The fourth-order valence-corrected chi connectivity index (χ4v) is 4.71. The summed E-state index contributed by atoms with van der Waals surface area (Å²) in [4.78, 5) is 2.49. The molecule has 1 aliphatic heterocycles. The number of para-hydroxylation sites is 1. The standard InChI is InChI=1S/C30H35NO3/c1-33-29-13-7-6-12-27(29)28(18-22-32)30(24-10-4-2-5-11-24)25-14-16-26(17-15-25)34-23-21-31-19-8-3-9-20-31/h2,4-7,10-17,32H,3,8-9,18-23H2,1H3/b30-28-. The van der Waals surface area contributed by atoms with Crippen molar-refractivity contribution in [2.24, 2.45) is 0 Å². The molecule has 3 aromatic rings. The van der Waals surface area contributed by atoms with Gasteiger partial charge >= 0.3 is 0 Å². The highest BCUT2D eigenvalue weighted by molar-refractivity contribution is 5.99. The minimum atomic E-state index is 0.0570. The average molecular weight is 458 g/mol. The molecule has 0 amide bonds. The van der Waals surface area contributed by atoms with Crippen LogP contribution in [0.4, 0.5) is 0 Å². The maximum atomic E-state index is 9.95. The van der Waals surface area contributed by atoms with E-state index in [4.69, 9.17) is 9.47 Å². The van der Waals surface area contributed by atoms with Gasteiger partial charge in [0.1, 0.15) is 18.1 Å². The van der Waals surface area contributed by atoms with Crippen LogP contribution in [0, 0.1) is 0 Å². The van der Waals surface area contributed by atoms with Crippen LogP contribution >= 0.6 is 0 Å². The van der Waals surface area contributed by atoms with E-state index in [1.165, 1.54) is 32.4 Å². The van der Waals surface area contributed by atoms with Crippen molar-refractivity contribution in [3.8, 4) is 11.5 Å². The number of rotatable bonds is 10. The van der Waals surface area contributed by atoms with Gasteiger partial charge in [0.15, 0.2) is 0 Å². The van der Waals surface area contributed by atoms with Crippen LogP contribution in [-0.4, -0.2) is 50.0 Å². The number of aliphatic hydroxyl groups excluding tert-OH is 1. The zero-order valence-corrected chi connectivity index (χ0v) is 20.1. The van der Waals surface area contributed by atoms with Gasteiger partial charge in [0.05, 0.1) is 7.11 Å². The predicted molar refractivity (Wildman–Crippen MR) is 139 cm³/mol. The number of piperidine rings is 1. The molecule has 4 nitrogen and oxygen atoms in total. The normalized spacial score (nSPS) is 15.0. The number of hydrogen-bond acceptors (Lipinski definition) is 4. The molecule has 0 aromatic heterocycles. The molecule has 0 unspecified atom stereocenters. The van der Waals surface area contributed by atoms with Gasteiger partial charge in [0, 0.05) is 18.7 Å². The van der Waals surface area contributed by atoms with Gasteiger partial charge in [-0.05, 0) is 72.8 Å². The van der Waals surface area contributed by atoms with E-state index < -0.39 is 0 Å². The van der Waals surface area contributed by atoms with Crippen LogP contribution in [0.25, 0.3) is 11.1 Å². The summed E-state index contributed by atoms with van der Waals surface area (Å²) in [6.07, 6.45) is 4.47. The second-order valence-electron chi connectivity index (χ2n) is 8.67. The molecule has 1 saturated heterocycles. The highest BCUT2D eigenvalue weighted by Crippen LogP contribution is 2.38. The summed E-state index contributed by atoms with van der Waals surface area (Å²) in [6.45, 7) is 4.11. The Morgan fingerprint density at radius 3 is 2.21 bits per heavy atom. The third-order valence-corrected chi connectivity index (χ3v) is 6.43. The van der Waals surface area contributed by atoms with Crippen LogP contribution in [0.3, 0.4) is 0 Å². The zero-order chi connectivity index (χ0) is 23.6. The molecule has 4 rings (SSSR count). The Bertz CT molecular complexity index is 1050. The van der Waals surface area contributed by atoms with Crippen LogP contribution in [0.15, 0.2) is 78.9 Å². The Balaban J connectivity index is 1.64. The third-order valence-electron chi connectivity index (χ3n) is 6.43. The fourth-order valence-electron chi connectivity index (χ4n) is 4.71.